The van der Waals surface area contributed by atoms with Gasteiger partial charge in [-0.2, -0.15) is 0 Å². The molecule has 0 N–H and O–H groups in total. The first-order valence-corrected chi connectivity index (χ1v) is 4.48. The van der Waals surface area contributed by atoms with E-state index in [4.69, 9.17) is 0 Å². The summed E-state index contributed by atoms with van der Waals surface area (Å²) in [6.45, 7) is 1.31. The summed E-state index contributed by atoms with van der Waals surface area (Å²) in [5.41, 5.74) is 1.19. The van der Waals surface area contributed by atoms with Crippen molar-refractivity contribution in [2.24, 2.45) is 14.1 Å². The molecule has 0 fully saturated rings. The van der Waals surface area contributed by atoms with Crippen molar-refractivity contribution in [1.29, 1.82) is 0 Å². The average molecular weight is 195 g/mol. The van der Waals surface area contributed by atoms with E-state index in [1.54, 1.807) is 11.6 Å². The van der Waals surface area contributed by atoms with Crippen molar-refractivity contribution in [1.82, 2.24) is 14.0 Å². The molecule has 0 bridgehead atoms. The Morgan fingerprint density at radius 1 is 1.00 bits per heavy atom. The van der Waals surface area contributed by atoms with Crippen molar-refractivity contribution < 1.29 is 0 Å². The van der Waals surface area contributed by atoms with Gasteiger partial charge in [0.05, 0.1) is 5.56 Å². The highest BCUT2D eigenvalue weighted by Gasteiger charge is 2.23. The van der Waals surface area contributed by atoms with Crippen LogP contribution in [-0.4, -0.2) is 21.1 Å². The fourth-order valence-corrected chi connectivity index (χ4v) is 1.90. The first-order chi connectivity index (χ1) is 6.52. The van der Waals surface area contributed by atoms with Crippen LogP contribution in [0.15, 0.2) is 9.59 Å². The fourth-order valence-electron chi connectivity index (χ4n) is 1.90. The summed E-state index contributed by atoms with van der Waals surface area (Å²) in [7, 11) is 5.16. The maximum absolute atomic E-state index is 11.7. The number of nitrogens with zero attached hydrogens (tertiary/aromatic N) is 3. The maximum atomic E-state index is 11.7. The molecule has 0 spiro atoms. The third-order valence-electron chi connectivity index (χ3n) is 2.74. The zero-order chi connectivity index (χ0) is 10.5. The Labute approximate surface area is 81.2 Å². The Balaban J connectivity index is 2.84. The Kier molecular flexibility index (Phi) is 1.85. The summed E-state index contributed by atoms with van der Waals surface area (Å²) in [6.07, 6.45) is 0. The topological polar surface area (TPSA) is 47.2 Å². The van der Waals surface area contributed by atoms with Crippen LogP contribution >= 0.6 is 0 Å². The molecule has 0 saturated heterocycles. The molecule has 0 amide bonds. The van der Waals surface area contributed by atoms with Crippen molar-refractivity contribution >= 4 is 0 Å². The lowest BCUT2D eigenvalue weighted by atomic mass is 10.2. The summed E-state index contributed by atoms with van der Waals surface area (Å²) in [6, 6.07) is 0. The van der Waals surface area contributed by atoms with E-state index in [0.29, 0.717) is 13.1 Å². The largest absolute Gasteiger partial charge is 0.330 e. The van der Waals surface area contributed by atoms with Crippen LogP contribution in [0.5, 0.6) is 0 Å². The molecular weight excluding hydrogens is 182 g/mol. The molecule has 0 aromatic carbocycles. The van der Waals surface area contributed by atoms with E-state index in [-0.39, 0.29) is 11.2 Å². The lowest BCUT2D eigenvalue weighted by Gasteiger charge is -2.07. The van der Waals surface area contributed by atoms with Gasteiger partial charge >= 0.3 is 5.69 Å². The van der Waals surface area contributed by atoms with Crippen LogP contribution < -0.4 is 11.2 Å². The highest BCUT2D eigenvalue weighted by atomic mass is 16.2. The average Bonchev–Trinajstić information content (AvgIpc) is 2.54. The van der Waals surface area contributed by atoms with E-state index in [1.807, 2.05) is 11.9 Å². The van der Waals surface area contributed by atoms with Crippen LogP contribution in [0.25, 0.3) is 0 Å². The number of rotatable bonds is 0. The van der Waals surface area contributed by atoms with E-state index >= 15 is 0 Å². The third kappa shape index (κ3) is 1.05. The molecule has 1 aliphatic heterocycles. The van der Waals surface area contributed by atoms with Crippen LogP contribution in [0.2, 0.25) is 0 Å². The maximum Gasteiger partial charge on any atom is 0.330 e. The first-order valence-electron chi connectivity index (χ1n) is 4.48. The minimum Gasteiger partial charge on any atom is -0.299 e. The molecule has 5 nitrogen and oxygen atoms in total. The zero-order valence-electron chi connectivity index (χ0n) is 8.57. The van der Waals surface area contributed by atoms with Gasteiger partial charge in [-0.25, -0.2) is 4.79 Å². The monoisotopic (exact) mass is 195 g/mol. The van der Waals surface area contributed by atoms with Gasteiger partial charge in [-0.1, -0.05) is 0 Å². The molecule has 2 heterocycles. The molecular formula is C9H13N3O2. The van der Waals surface area contributed by atoms with Crippen molar-refractivity contribution in [3.8, 4) is 0 Å². The summed E-state index contributed by atoms with van der Waals surface area (Å²) >= 11 is 0. The summed E-state index contributed by atoms with van der Waals surface area (Å²) in [4.78, 5) is 25.3. The molecule has 0 atom stereocenters. The van der Waals surface area contributed by atoms with E-state index in [2.05, 4.69) is 0 Å². The van der Waals surface area contributed by atoms with Crippen LogP contribution in [0, 0.1) is 0 Å². The van der Waals surface area contributed by atoms with E-state index in [0.717, 1.165) is 15.8 Å². The quantitative estimate of drug-likeness (QED) is 0.535. The number of hydrogen-bond donors (Lipinski definition) is 0. The zero-order valence-corrected chi connectivity index (χ0v) is 8.57. The van der Waals surface area contributed by atoms with Gasteiger partial charge < -0.3 is 0 Å². The van der Waals surface area contributed by atoms with E-state index < -0.39 is 0 Å². The number of aromatic nitrogens is 2. The van der Waals surface area contributed by atoms with Gasteiger partial charge in [0.25, 0.3) is 5.56 Å². The van der Waals surface area contributed by atoms with Crippen molar-refractivity contribution in [2.75, 3.05) is 7.05 Å². The lowest BCUT2D eigenvalue weighted by molar-refractivity contribution is 0.348. The highest BCUT2D eigenvalue weighted by Crippen LogP contribution is 2.14. The molecule has 5 heteroatoms. The third-order valence-corrected chi connectivity index (χ3v) is 2.74. The van der Waals surface area contributed by atoms with Crippen molar-refractivity contribution in [3.05, 3.63) is 32.1 Å². The predicted molar refractivity (Wildman–Crippen MR) is 52.1 cm³/mol. The molecule has 0 unspecified atom stereocenters. The van der Waals surface area contributed by atoms with E-state index in [1.165, 1.54) is 7.05 Å². The highest BCUT2D eigenvalue weighted by molar-refractivity contribution is 5.22. The van der Waals surface area contributed by atoms with Gasteiger partial charge in [0.15, 0.2) is 0 Å². The summed E-state index contributed by atoms with van der Waals surface area (Å²) < 4.78 is 2.72. The van der Waals surface area contributed by atoms with Crippen LogP contribution in [0.3, 0.4) is 0 Å². The van der Waals surface area contributed by atoms with E-state index in [9.17, 15) is 9.59 Å². The molecule has 2 rings (SSSR count). The lowest BCUT2D eigenvalue weighted by Crippen LogP contribution is -2.39. The van der Waals surface area contributed by atoms with Crippen molar-refractivity contribution in [3.63, 3.8) is 0 Å². The summed E-state index contributed by atoms with van der Waals surface area (Å²) in [5.74, 6) is 0. The normalized spacial score (nSPS) is 15.9. The molecule has 76 valence electrons. The van der Waals surface area contributed by atoms with Crippen LogP contribution in [-0.2, 0) is 27.2 Å². The Hall–Kier alpha value is -1.36. The molecule has 1 aliphatic rings. The second-order valence-electron chi connectivity index (χ2n) is 3.80. The van der Waals surface area contributed by atoms with Gasteiger partial charge in [0, 0.05) is 32.9 Å². The van der Waals surface area contributed by atoms with Gasteiger partial charge in [0.2, 0.25) is 0 Å². The molecule has 1 aromatic heterocycles. The number of fused-ring (bicyclic) bond motifs is 1. The standard InChI is InChI=1S/C9H13N3O2/c1-10-4-6-7(5-10)11(2)9(14)12(3)8(6)13/h4-5H2,1-3H3. The Bertz CT molecular complexity index is 498. The molecule has 14 heavy (non-hydrogen) atoms. The minimum absolute atomic E-state index is 0.160. The second-order valence-corrected chi connectivity index (χ2v) is 3.80. The molecule has 1 aromatic rings. The second kappa shape index (κ2) is 2.81. The Morgan fingerprint density at radius 2 is 1.64 bits per heavy atom. The van der Waals surface area contributed by atoms with Crippen molar-refractivity contribution in [2.45, 2.75) is 13.1 Å². The first kappa shape index (κ1) is 9.21. The predicted octanol–water partition coefficient (Wildman–Crippen LogP) is -0.971. The van der Waals surface area contributed by atoms with Gasteiger partial charge in [-0.05, 0) is 7.05 Å². The Morgan fingerprint density at radius 3 is 2.29 bits per heavy atom. The smallest absolute Gasteiger partial charge is 0.299 e. The SMILES string of the molecule is CN1Cc2c(n(C)c(=O)n(C)c2=O)C1. The van der Waals surface area contributed by atoms with Crippen LogP contribution in [0.4, 0.5) is 0 Å². The molecule has 0 aliphatic carbocycles. The van der Waals surface area contributed by atoms with Crippen LogP contribution in [0.1, 0.15) is 11.3 Å². The molecule has 0 saturated carbocycles. The number of hydrogen-bond acceptors (Lipinski definition) is 3. The van der Waals surface area contributed by atoms with Gasteiger partial charge in [0.1, 0.15) is 0 Å². The molecule has 0 radical (unpaired) electrons. The summed E-state index contributed by atoms with van der Waals surface area (Å²) in [5, 5.41) is 0. The minimum atomic E-state index is -0.246. The van der Waals surface area contributed by atoms with Gasteiger partial charge in [-0.3, -0.25) is 18.8 Å². The fraction of sp³-hybridized carbons (Fsp3) is 0.556. The van der Waals surface area contributed by atoms with Gasteiger partial charge in [-0.15, -0.1) is 0 Å².